The van der Waals surface area contributed by atoms with Gasteiger partial charge in [0.1, 0.15) is 5.82 Å². The van der Waals surface area contributed by atoms with Crippen molar-refractivity contribution >= 4 is 10.0 Å². The van der Waals surface area contributed by atoms with E-state index in [-0.39, 0.29) is 11.4 Å². The minimum atomic E-state index is -3.77. The first kappa shape index (κ1) is 13.1. The first-order valence-corrected chi connectivity index (χ1v) is 6.17. The molecule has 0 saturated heterocycles. The molecule has 1 rings (SSSR count). The quantitative estimate of drug-likeness (QED) is 0.830. The lowest BCUT2D eigenvalue weighted by Crippen LogP contribution is -2.38. The van der Waals surface area contributed by atoms with Crippen molar-refractivity contribution in [2.24, 2.45) is 0 Å². The average Bonchev–Trinajstić information content (AvgIpc) is 2.14. The van der Waals surface area contributed by atoms with Gasteiger partial charge in [-0.1, -0.05) is 6.07 Å². The van der Waals surface area contributed by atoms with Crippen LogP contribution in [-0.4, -0.2) is 25.7 Å². The maximum atomic E-state index is 12.8. The van der Waals surface area contributed by atoms with E-state index in [2.05, 4.69) is 4.72 Å². The molecule has 0 fully saturated rings. The van der Waals surface area contributed by atoms with Crippen LogP contribution in [0.3, 0.4) is 0 Å². The first-order chi connectivity index (χ1) is 7.21. The zero-order valence-corrected chi connectivity index (χ0v) is 9.88. The van der Waals surface area contributed by atoms with Gasteiger partial charge in [-0.15, -0.1) is 0 Å². The number of benzene rings is 1. The molecular formula is C10H14FNO3S. The van der Waals surface area contributed by atoms with E-state index in [4.69, 9.17) is 0 Å². The smallest absolute Gasteiger partial charge is 0.240 e. The maximum absolute atomic E-state index is 12.8. The first-order valence-electron chi connectivity index (χ1n) is 4.68. The van der Waals surface area contributed by atoms with E-state index in [0.29, 0.717) is 0 Å². The molecule has 0 aromatic heterocycles. The number of hydrogen-bond acceptors (Lipinski definition) is 3. The largest absolute Gasteiger partial charge is 0.389 e. The second kappa shape index (κ2) is 4.48. The minimum absolute atomic E-state index is 0.133. The molecule has 0 aliphatic heterocycles. The number of nitrogens with one attached hydrogen (secondary N) is 1. The fourth-order valence-electron chi connectivity index (χ4n) is 0.989. The highest BCUT2D eigenvalue weighted by molar-refractivity contribution is 7.89. The summed E-state index contributed by atoms with van der Waals surface area (Å²) in [4.78, 5) is -0.156. The highest BCUT2D eigenvalue weighted by atomic mass is 32.2. The van der Waals surface area contributed by atoms with E-state index in [1.54, 1.807) is 0 Å². The van der Waals surface area contributed by atoms with Crippen LogP contribution in [0.25, 0.3) is 0 Å². The van der Waals surface area contributed by atoms with Crippen LogP contribution in [0, 0.1) is 5.82 Å². The summed E-state index contributed by atoms with van der Waals surface area (Å²) in [5, 5.41) is 9.38. The van der Waals surface area contributed by atoms with Crippen LogP contribution >= 0.6 is 0 Å². The molecule has 1 aromatic rings. The van der Waals surface area contributed by atoms with E-state index >= 15 is 0 Å². The van der Waals surface area contributed by atoms with Crippen molar-refractivity contribution in [3.63, 3.8) is 0 Å². The summed E-state index contributed by atoms with van der Waals surface area (Å²) >= 11 is 0. The van der Waals surface area contributed by atoms with Crippen molar-refractivity contribution in [3.05, 3.63) is 30.1 Å². The topological polar surface area (TPSA) is 66.4 Å². The molecule has 0 radical (unpaired) electrons. The predicted octanol–water partition coefficient (Wildman–Crippen LogP) is 0.875. The number of rotatable bonds is 4. The zero-order valence-electron chi connectivity index (χ0n) is 9.07. The Morgan fingerprint density at radius 3 is 2.56 bits per heavy atom. The second-order valence-corrected chi connectivity index (χ2v) is 5.86. The van der Waals surface area contributed by atoms with Gasteiger partial charge >= 0.3 is 0 Å². The zero-order chi connectivity index (χ0) is 12.4. The summed E-state index contributed by atoms with van der Waals surface area (Å²) in [5.74, 6) is -0.619. The lowest BCUT2D eigenvalue weighted by atomic mass is 10.1. The molecule has 0 spiro atoms. The summed E-state index contributed by atoms with van der Waals surface area (Å²) in [6.45, 7) is 2.81. The van der Waals surface area contributed by atoms with Gasteiger partial charge in [-0.25, -0.2) is 17.5 Å². The summed E-state index contributed by atoms with van der Waals surface area (Å²) in [5.41, 5.74) is -1.15. The van der Waals surface area contributed by atoms with Crippen molar-refractivity contribution in [1.82, 2.24) is 4.72 Å². The predicted molar refractivity (Wildman–Crippen MR) is 57.9 cm³/mol. The molecule has 16 heavy (non-hydrogen) atoms. The van der Waals surface area contributed by atoms with Crippen molar-refractivity contribution in [3.8, 4) is 0 Å². The van der Waals surface area contributed by atoms with Gasteiger partial charge in [-0.3, -0.25) is 0 Å². The summed E-state index contributed by atoms with van der Waals surface area (Å²) < 4.78 is 38.3. The molecule has 0 unspecified atom stereocenters. The van der Waals surface area contributed by atoms with Crippen LogP contribution in [-0.2, 0) is 10.0 Å². The van der Waals surface area contributed by atoms with Crippen molar-refractivity contribution in [2.75, 3.05) is 6.54 Å². The number of halogens is 1. The molecule has 2 N–H and O–H groups in total. The van der Waals surface area contributed by atoms with Crippen LogP contribution in [0.5, 0.6) is 0 Å². The van der Waals surface area contributed by atoms with E-state index in [0.717, 1.165) is 12.1 Å². The van der Waals surface area contributed by atoms with Crippen LogP contribution in [0.1, 0.15) is 13.8 Å². The van der Waals surface area contributed by atoms with Gasteiger partial charge in [-0.2, -0.15) is 0 Å². The Balaban J connectivity index is 2.87. The third kappa shape index (κ3) is 3.88. The van der Waals surface area contributed by atoms with E-state index in [1.165, 1.54) is 26.0 Å². The molecule has 0 aliphatic carbocycles. The Hall–Kier alpha value is -0.980. The van der Waals surface area contributed by atoms with Gasteiger partial charge in [-0.05, 0) is 32.0 Å². The molecule has 0 heterocycles. The Kier molecular flexibility index (Phi) is 3.67. The van der Waals surface area contributed by atoms with Crippen LogP contribution in [0.2, 0.25) is 0 Å². The summed E-state index contributed by atoms with van der Waals surface area (Å²) in [6.07, 6.45) is 0. The Labute approximate surface area is 94.2 Å². The average molecular weight is 247 g/mol. The molecule has 4 nitrogen and oxygen atoms in total. The lowest BCUT2D eigenvalue weighted by Gasteiger charge is -2.17. The van der Waals surface area contributed by atoms with Crippen molar-refractivity contribution in [2.45, 2.75) is 24.3 Å². The van der Waals surface area contributed by atoms with Gasteiger partial charge in [0, 0.05) is 6.54 Å². The monoisotopic (exact) mass is 247 g/mol. The van der Waals surface area contributed by atoms with Gasteiger partial charge in [0.2, 0.25) is 10.0 Å². The van der Waals surface area contributed by atoms with Gasteiger partial charge in [0.15, 0.2) is 0 Å². The van der Waals surface area contributed by atoms with E-state index in [9.17, 15) is 17.9 Å². The summed E-state index contributed by atoms with van der Waals surface area (Å²) in [6, 6.07) is 4.69. The molecule has 0 atom stereocenters. The van der Waals surface area contributed by atoms with Crippen LogP contribution < -0.4 is 4.72 Å². The van der Waals surface area contributed by atoms with Crippen molar-refractivity contribution in [1.29, 1.82) is 0 Å². The molecule has 1 aromatic carbocycles. The fraction of sp³-hybridized carbons (Fsp3) is 0.400. The van der Waals surface area contributed by atoms with Gasteiger partial charge in [0.25, 0.3) is 0 Å². The number of aliphatic hydroxyl groups is 1. The summed E-state index contributed by atoms with van der Waals surface area (Å²) in [7, 11) is -3.77. The van der Waals surface area contributed by atoms with E-state index in [1.807, 2.05) is 0 Å². The Morgan fingerprint density at radius 1 is 1.44 bits per heavy atom. The Morgan fingerprint density at radius 2 is 2.06 bits per heavy atom. The SMILES string of the molecule is CC(C)(O)CNS(=O)(=O)c1cccc(F)c1. The van der Waals surface area contributed by atoms with Gasteiger partial charge < -0.3 is 5.11 Å². The normalized spacial score (nSPS) is 12.8. The fourth-order valence-corrected chi connectivity index (χ4v) is 2.22. The minimum Gasteiger partial charge on any atom is -0.389 e. The molecule has 0 bridgehead atoms. The highest BCUT2D eigenvalue weighted by Gasteiger charge is 2.19. The lowest BCUT2D eigenvalue weighted by molar-refractivity contribution is 0.0857. The second-order valence-electron chi connectivity index (χ2n) is 4.09. The number of sulfonamides is 1. The maximum Gasteiger partial charge on any atom is 0.240 e. The molecule has 90 valence electrons. The molecular weight excluding hydrogens is 233 g/mol. The van der Waals surface area contributed by atoms with Crippen molar-refractivity contribution < 1.29 is 17.9 Å². The van der Waals surface area contributed by atoms with Crippen LogP contribution in [0.4, 0.5) is 4.39 Å². The molecule has 0 saturated carbocycles. The molecule has 6 heteroatoms. The van der Waals surface area contributed by atoms with Crippen LogP contribution in [0.15, 0.2) is 29.2 Å². The van der Waals surface area contributed by atoms with E-state index < -0.39 is 21.4 Å². The molecule has 0 amide bonds. The standard InChI is InChI=1S/C10H14FNO3S/c1-10(2,13)7-12-16(14,15)9-5-3-4-8(11)6-9/h3-6,12-13H,7H2,1-2H3. The van der Waals surface area contributed by atoms with Gasteiger partial charge in [0.05, 0.1) is 10.5 Å². The third-order valence-corrected chi connectivity index (χ3v) is 3.20. The number of hydrogen-bond donors (Lipinski definition) is 2. The third-order valence-electron chi connectivity index (χ3n) is 1.80. The highest BCUT2D eigenvalue weighted by Crippen LogP contribution is 2.11. The molecule has 0 aliphatic rings. The Bertz CT molecular complexity index is 465.